The maximum absolute atomic E-state index is 12.2. The lowest BCUT2D eigenvalue weighted by Gasteiger charge is -2.36. The highest BCUT2D eigenvalue weighted by atomic mass is 16.2. The van der Waals surface area contributed by atoms with Gasteiger partial charge >= 0.3 is 0 Å². The highest BCUT2D eigenvalue weighted by Crippen LogP contribution is 2.21. The molecule has 0 atom stereocenters. The topological polar surface area (TPSA) is 62.3 Å². The van der Waals surface area contributed by atoms with Crippen LogP contribution < -0.4 is 5.32 Å². The summed E-state index contributed by atoms with van der Waals surface area (Å²) in [6.45, 7) is 7.22. The van der Waals surface area contributed by atoms with Gasteiger partial charge in [0, 0.05) is 42.5 Å². The molecule has 1 saturated heterocycles. The largest absolute Gasteiger partial charge is 0.349 e. The monoisotopic (exact) mass is 289 g/mol. The molecule has 0 radical (unpaired) electrons. The average Bonchev–Trinajstić information content (AvgIpc) is 2.47. The third-order valence-corrected chi connectivity index (χ3v) is 3.70. The smallest absolute Gasteiger partial charge is 0.251 e. The van der Waals surface area contributed by atoms with Crippen molar-refractivity contribution in [1.82, 2.24) is 15.2 Å². The first kappa shape index (κ1) is 15.5. The minimum absolute atomic E-state index is 0.0713. The molecule has 21 heavy (non-hydrogen) atoms. The van der Waals surface area contributed by atoms with E-state index in [0.717, 1.165) is 12.8 Å². The van der Waals surface area contributed by atoms with Crippen LogP contribution in [0.1, 0.15) is 44.0 Å². The van der Waals surface area contributed by atoms with E-state index >= 15 is 0 Å². The molecule has 1 fully saturated rings. The molecule has 5 nitrogen and oxygen atoms in total. The Bertz CT molecular complexity index is 500. The van der Waals surface area contributed by atoms with Gasteiger partial charge in [-0.15, -0.1) is 0 Å². The zero-order chi connectivity index (χ0) is 15.5. The van der Waals surface area contributed by atoms with Crippen LogP contribution in [-0.4, -0.2) is 40.8 Å². The van der Waals surface area contributed by atoms with Gasteiger partial charge in [0.05, 0.1) is 0 Å². The van der Waals surface area contributed by atoms with E-state index in [1.165, 1.54) is 0 Å². The fourth-order valence-corrected chi connectivity index (χ4v) is 2.47. The highest BCUT2D eigenvalue weighted by Gasteiger charge is 2.30. The second-order valence-electron chi connectivity index (χ2n) is 6.53. The van der Waals surface area contributed by atoms with Crippen LogP contribution >= 0.6 is 0 Å². The van der Waals surface area contributed by atoms with Crippen LogP contribution in [0, 0.1) is 5.41 Å². The molecule has 0 saturated carbocycles. The molecule has 2 rings (SSSR count). The van der Waals surface area contributed by atoms with E-state index in [0.29, 0.717) is 18.7 Å². The molecule has 1 N–H and O–H groups in total. The summed E-state index contributed by atoms with van der Waals surface area (Å²) in [4.78, 5) is 30.1. The minimum Gasteiger partial charge on any atom is -0.349 e. The lowest BCUT2D eigenvalue weighted by atomic mass is 9.93. The van der Waals surface area contributed by atoms with Gasteiger partial charge in [-0.1, -0.05) is 20.8 Å². The van der Waals surface area contributed by atoms with Crippen molar-refractivity contribution in [2.24, 2.45) is 5.41 Å². The van der Waals surface area contributed by atoms with Gasteiger partial charge in [-0.3, -0.25) is 14.6 Å². The summed E-state index contributed by atoms with van der Waals surface area (Å²) in [6, 6.07) is 3.54. The molecule has 0 bridgehead atoms. The maximum Gasteiger partial charge on any atom is 0.251 e. The van der Waals surface area contributed by atoms with Crippen molar-refractivity contribution in [3.63, 3.8) is 0 Å². The minimum atomic E-state index is -0.340. The Morgan fingerprint density at radius 3 is 2.29 bits per heavy atom. The Morgan fingerprint density at radius 1 is 1.19 bits per heavy atom. The number of hydrogen-bond acceptors (Lipinski definition) is 3. The van der Waals surface area contributed by atoms with E-state index in [2.05, 4.69) is 10.3 Å². The predicted molar refractivity (Wildman–Crippen MR) is 80.8 cm³/mol. The summed E-state index contributed by atoms with van der Waals surface area (Å²) in [5, 5.41) is 3.03. The number of likely N-dealkylation sites (tertiary alicyclic amines) is 1. The average molecular weight is 289 g/mol. The van der Waals surface area contributed by atoms with Crippen LogP contribution in [0.25, 0.3) is 0 Å². The van der Waals surface area contributed by atoms with Gasteiger partial charge < -0.3 is 10.2 Å². The van der Waals surface area contributed by atoms with Crippen molar-refractivity contribution in [3.05, 3.63) is 30.1 Å². The van der Waals surface area contributed by atoms with E-state index in [1.807, 2.05) is 25.7 Å². The molecule has 5 heteroatoms. The number of amides is 2. The summed E-state index contributed by atoms with van der Waals surface area (Å²) >= 11 is 0. The highest BCUT2D eigenvalue weighted by molar-refractivity contribution is 5.94. The van der Waals surface area contributed by atoms with Crippen LogP contribution in [0.5, 0.6) is 0 Å². The lowest BCUT2D eigenvalue weighted by molar-refractivity contribution is -0.140. The molecule has 1 aromatic rings. The third kappa shape index (κ3) is 4.03. The standard InChI is InChI=1S/C16H23N3O2/c1-16(2,3)15(21)19-10-6-13(7-11-19)18-14(20)12-4-8-17-9-5-12/h4-5,8-9,13H,6-7,10-11H2,1-3H3,(H,18,20). The Kier molecular flexibility index (Phi) is 4.60. The second kappa shape index (κ2) is 6.24. The molecule has 2 amide bonds. The van der Waals surface area contributed by atoms with Crippen LogP contribution in [0.15, 0.2) is 24.5 Å². The first-order valence-electron chi connectivity index (χ1n) is 7.38. The van der Waals surface area contributed by atoms with E-state index in [-0.39, 0.29) is 23.3 Å². The Hall–Kier alpha value is -1.91. The van der Waals surface area contributed by atoms with Gasteiger partial charge in [0.25, 0.3) is 5.91 Å². The van der Waals surface area contributed by atoms with Gasteiger partial charge in [-0.05, 0) is 25.0 Å². The maximum atomic E-state index is 12.2. The van der Waals surface area contributed by atoms with E-state index in [9.17, 15) is 9.59 Å². The molecular weight excluding hydrogens is 266 g/mol. The van der Waals surface area contributed by atoms with Gasteiger partial charge in [-0.2, -0.15) is 0 Å². The molecule has 0 unspecified atom stereocenters. The van der Waals surface area contributed by atoms with Crippen LogP contribution in [0.3, 0.4) is 0 Å². The van der Waals surface area contributed by atoms with Crippen LogP contribution in [0.2, 0.25) is 0 Å². The Morgan fingerprint density at radius 2 is 1.76 bits per heavy atom. The fourth-order valence-electron chi connectivity index (χ4n) is 2.47. The Labute approximate surface area is 125 Å². The number of nitrogens with zero attached hydrogens (tertiary/aromatic N) is 2. The molecule has 2 heterocycles. The van der Waals surface area contributed by atoms with E-state index in [4.69, 9.17) is 0 Å². The van der Waals surface area contributed by atoms with Gasteiger partial charge in [0.1, 0.15) is 0 Å². The molecule has 114 valence electrons. The van der Waals surface area contributed by atoms with Crippen molar-refractivity contribution in [1.29, 1.82) is 0 Å². The molecule has 1 aliphatic rings. The third-order valence-electron chi connectivity index (χ3n) is 3.70. The summed E-state index contributed by atoms with van der Waals surface area (Å²) in [6.07, 6.45) is 4.83. The molecule has 0 aliphatic carbocycles. The number of aromatic nitrogens is 1. The number of hydrogen-bond donors (Lipinski definition) is 1. The van der Waals surface area contributed by atoms with Crippen molar-refractivity contribution >= 4 is 11.8 Å². The van der Waals surface area contributed by atoms with Crippen molar-refractivity contribution < 1.29 is 9.59 Å². The number of nitrogens with one attached hydrogen (secondary N) is 1. The quantitative estimate of drug-likeness (QED) is 0.903. The molecule has 0 aromatic carbocycles. The van der Waals surface area contributed by atoms with E-state index in [1.54, 1.807) is 24.5 Å². The zero-order valence-electron chi connectivity index (χ0n) is 12.9. The normalized spacial score (nSPS) is 16.6. The summed E-state index contributed by atoms with van der Waals surface area (Å²) in [7, 11) is 0. The van der Waals surface area contributed by atoms with Crippen molar-refractivity contribution in [3.8, 4) is 0 Å². The van der Waals surface area contributed by atoms with Crippen LogP contribution in [-0.2, 0) is 4.79 Å². The molecule has 1 aromatic heterocycles. The number of piperidine rings is 1. The predicted octanol–water partition coefficient (Wildman–Crippen LogP) is 1.85. The van der Waals surface area contributed by atoms with Crippen LogP contribution in [0.4, 0.5) is 0 Å². The first-order valence-corrected chi connectivity index (χ1v) is 7.38. The van der Waals surface area contributed by atoms with Gasteiger partial charge in [0.2, 0.25) is 5.91 Å². The summed E-state index contributed by atoms with van der Waals surface area (Å²) in [5.74, 6) is 0.111. The fraction of sp³-hybridized carbons (Fsp3) is 0.562. The Balaban J connectivity index is 1.85. The zero-order valence-corrected chi connectivity index (χ0v) is 12.9. The molecule has 1 aliphatic heterocycles. The lowest BCUT2D eigenvalue weighted by Crippen LogP contribution is -2.49. The second-order valence-corrected chi connectivity index (χ2v) is 6.53. The number of pyridine rings is 1. The molecular formula is C16H23N3O2. The molecule has 0 spiro atoms. The van der Waals surface area contributed by atoms with Gasteiger partial charge in [0.15, 0.2) is 0 Å². The van der Waals surface area contributed by atoms with Crippen molar-refractivity contribution in [2.45, 2.75) is 39.7 Å². The summed E-state index contributed by atoms with van der Waals surface area (Å²) < 4.78 is 0. The van der Waals surface area contributed by atoms with Gasteiger partial charge in [-0.25, -0.2) is 0 Å². The number of carbonyl (C=O) groups is 2. The van der Waals surface area contributed by atoms with Crippen molar-refractivity contribution in [2.75, 3.05) is 13.1 Å². The first-order chi connectivity index (χ1) is 9.88. The number of rotatable bonds is 2. The number of carbonyl (C=O) groups excluding carboxylic acids is 2. The van der Waals surface area contributed by atoms with E-state index < -0.39 is 0 Å². The summed E-state index contributed by atoms with van der Waals surface area (Å²) in [5.41, 5.74) is 0.283. The SMILES string of the molecule is CC(C)(C)C(=O)N1CCC(NC(=O)c2ccncc2)CC1.